The molecule has 14 heteroatoms. The Morgan fingerprint density at radius 1 is 1.17 bits per heavy atom. The lowest BCUT2D eigenvalue weighted by Gasteiger charge is -2.37. The summed E-state index contributed by atoms with van der Waals surface area (Å²) in [6.45, 7) is 11.0. The highest BCUT2D eigenvalue weighted by Crippen LogP contribution is 2.40. The summed E-state index contributed by atoms with van der Waals surface area (Å²) in [6, 6.07) is 6.66. The van der Waals surface area contributed by atoms with Crippen LogP contribution in [-0.2, 0) is 14.0 Å². The van der Waals surface area contributed by atoms with Crippen molar-refractivity contribution in [1.82, 2.24) is 29.5 Å². The van der Waals surface area contributed by atoms with Crippen LogP contribution in [0, 0.1) is 0 Å². The third kappa shape index (κ3) is 5.64. The zero-order valence-electron chi connectivity index (χ0n) is 24.2. The van der Waals surface area contributed by atoms with Crippen LogP contribution in [0.2, 0.25) is 23.4 Å². The number of aliphatic imine (C=N–C) groups is 1. The number of nitrogens with zero attached hydrogens (tertiary/aromatic N) is 7. The molecule has 0 radical (unpaired) electrons. The van der Waals surface area contributed by atoms with Gasteiger partial charge in [0.25, 0.3) is 11.8 Å². The van der Waals surface area contributed by atoms with E-state index in [-0.39, 0.29) is 16.9 Å². The van der Waals surface area contributed by atoms with Crippen molar-refractivity contribution >= 4 is 55.1 Å². The van der Waals surface area contributed by atoms with Crippen LogP contribution in [0.5, 0.6) is 0 Å². The zero-order chi connectivity index (χ0) is 29.7. The molecule has 2 aromatic heterocycles. The minimum absolute atomic E-state index is 0.0137. The van der Waals surface area contributed by atoms with Gasteiger partial charge < -0.3 is 14.1 Å². The summed E-state index contributed by atoms with van der Waals surface area (Å²) in [5.41, 5.74) is 1.50. The highest BCUT2D eigenvalue weighted by Gasteiger charge is 2.46. The summed E-state index contributed by atoms with van der Waals surface area (Å²) >= 11 is 6.25. The molecule has 5 rings (SSSR count). The summed E-state index contributed by atoms with van der Waals surface area (Å²) in [6.07, 6.45) is 1.63. The first-order valence-corrected chi connectivity index (χ1v) is 16.6. The SMILES string of the molecule is CN(C)C=Nc1nc(Cl)nc2c1ncn2[C@H]1C[C@H](ON2C(=O)c3ccccc3C2=O)[C@@H](CO[Si](C)(C)C(C)(C)C)O1. The van der Waals surface area contributed by atoms with Crippen LogP contribution in [0.15, 0.2) is 35.6 Å². The molecule has 0 bridgehead atoms. The number of aromatic nitrogens is 4. The molecule has 41 heavy (non-hydrogen) atoms. The van der Waals surface area contributed by atoms with Gasteiger partial charge in [-0.25, -0.2) is 9.98 Å². The molecule has 0 N–H and O–H groups in total. The molecule has 1 saturated heterocycles. The monoisotopic (exact) mass is 599 g/mol. The largest absolute Gasteiger partial charge is 0.414 e. The summed E-state index contributed by atoms with van der Waals surface area (Å²) in [5, 5.41) is 0.820. The maximum atomic E-state index is 13.1. The van der Waals surface area contributed by atoms with Crippen LogP contribution in [0.3, 0.4) is 0 Å². The van der Waals surface area contributed by atoms with Crippen LogP contribution in [-0.4, -0.2) is 88.9 Å². The number of halogens is 1. The number of rotatable bonds is 8. The second kappa shape index (κ2) is 10.9. The Morgan fingerprint density at radius 3 is 2.44 bits per heavy atom. The summed E-state index contributed by atoms with van der Waals surface area (Å²) in [5.74, 6) is -0.690. The molecule has 2 amide bonds. The topological polar surface area (TPSA) is 124 Å². The molecule has 4 heterocycles. The van der Waals surface area contributed by atoms with Gasteiger partial charge in [-0.1, -0.05) is 32.9 Å². The minimum atomic E-state index is -2.15. The van der Waals surface area contributed by atoms with Gasteiger partial charge in [0, 0.05) is 20.5 Å². The minimum Gasteiger partial charge on any atom is -0.414 e. The molecule has 0 saturated carbocycles. The molecule has 1 aromatic carbocycles. The van der Waals surface area contributed by atoms with E-state index in [1.807, 2.05) is 14.1 Å². The number of benzene rings is 1. The number of hydrogen-bond acceptors (Lipinski definition) is 9. The standard InChI is InChI=1S/C27H34ClN7O5Si/c1-27(2,3)41(6,7)38-13-19-18(40-35-24(36)16-10-8-9-11-17(16)25(35)37)12-20(39-19)34-15-29-21-22(30-14-33(4)5)31-26(28)32-23(21)34/h8-11,14-15,18-20H,12-13H2,1-7H3/t18-,19+,20+/m0/s1. The predicted molar refractivity (Wildman–Crippen MR) is 156 cm³/mol. The first kappa shape index (κ1) is 29.3. The molecule has 0 unspecified atom stereocenters. The smallest absolute Gasteiger partial charge is 0.285 e. The van der Waals surface area contributed by atoms with Crippen LogP contribution < -0.4 is 0 Å². The average Bonchev–Trinajstić information content (AvgIpc) is 3.57. The van der Waals surface area contributed by atoms with Crippen LogP contribution in [0.25, 0.3) is 11.2 Å². The van der Waals surface area contributed by atoms with Gasteiger partial charge in [-0.15, -0.1) is 5.06 Å². The molecule has 1 fully saturated rings. The fraction of sp³-hybridized carbons (Fsp3) is 0.481. The van der Waals surface area contributed by atoms with Gasteiger partial charge in [-0.3, -0.25) is 19.0 Å². The van der Waals surface area contributed by atoms with Crippen molar-refractivity contribution in [3.63, 3.8) is 0 Å². The highest BCUT2D eigenvalue weighted by molar-refractivity contribution is 6.74. The van der Waals surface area contributed by atoms with Gasteiger partial charge in [0.1, 0.15) is 18.4 Å². The lowest BCUT2D eigenvalue weighted by atomic mass is 10.1. The predicted octanol–water partition coefficient (Wildman–Crippen LogP) is 4.61. The van der Waals surface area contributed by atoms with E-state index in [1.165, 1.54) is 0 Å². The number of hydrogen-bond donors (Lipinski definition) is 0. The molecule has 3 atom stereocenters. The van der Waals surface area contributed by atoms with Crippen LogP contribution in [0.4, 0.5) is 5.82 Å². The second-order valence-corrected chi connectivity index (χ2v) is 17.0. The van der Waals surface area contributed by atoms with Crippen molar-refractivity contribution in [2.45, 2.75) is 63.8 Å². The van der Waals surface area contributed by atoms with E-state index < -0.39 is 38.6 Å². The second-order valence-electron chi connectivity index (χ2n) is 11.9. The Bertz CT molecular complexity index is 1480. The molecular weight excluding hydrogens is 566 g/mol. The highest BCUT2D eigenvalue weighted by atomic mass is 35.5. The van der Waals surface area contributed by atoms with Crippen molar-refractivity contribution in [2.24, 2.45) is 4.99 Å². The van der Waals surface area contributed by atoms with E-state index in [0.717, 1.165) is 5.06 Å². The molecule has 218 valence electrons. The van der Waals surface area contributed by atoms with E-state index in [0.29, 0.717) is 34.5 Å². The van der Waals surface area contributed by atoms with Gasteiger partial charge >= 0.3 is 0 Å². The summed E-state index contributed by atoms with van der Waals surface area (Å²) in [7, 11) is 1.53. The van der Waals surface area contributed by atoms with Crippen molar-refractivity contribution in [1.29, 1.82) is 0 Å². The molecule has 3 aromatic rings. The number of imidazole rings is 1. The van der Waals surface area contributed by atoms with E-state index in [2.05, 4.69) is 53.8 Å². The molecular formula is C27H34ClN7O5Si. The number of imide groups is 1. The fourth-order valence-corrected chi connectivity index (χ4v) is 5.56. The summed E-state index contributed by atoms with van der Waals surface area (Å²) in [4.78, 5) is 51.5. The van der Waals surface area contributed by atoms with Gasteiger partial charge in [0.05, 0.1) is 30.4 Å². The molecule has 0 aliphatic carbocycles. The Kier molecular flexibility index (Phi) is 7.76. The van der Waals surface area contributed by atoms with Crippen molar-refractivity contribution in [3.8, 4) is 0 Å². The molecule has 2 aliphatic heterocycles. The first-order chi connectivity index (χ1) is 19.3. The van der Waals surface area contributed by atoms with Crippen LogP contribution in [0.1, 0.15) is 54.1 Å². The fourth-order valence-electron chi connectivity index (χ4n) is 4.38. The Hall–Kier alpha value is -3.23. The number of fused-ring (bicyclic) bond motifs is 2. The first-order valence-electron chi connectivity index (χ1n) is 13.3. The van der Waals surface area contributed by atoms with Crippen molar-refractivity contribution in [3.05, 3.63) is 47.0 Å². The number of carbonyl (C=O) groups is 2. The van der Waals surface area contributed by atoms with E-state index >= 15 is 0 Å². The average molecular weight is 600 g/mol. The van der Waals surface area contributed by atoms with Crippen LogP contribution >= 0.6 is 11.6 Å². The number of hydroxylamine groups is 2. The number of amides is 2. The Balaban J connectivity index is 1.45. The normalized spacial score (nSPS) is 21.5. The van der Waals surface area contributed by atoms with Gasteiger partial charge in [-0.2, -0.15) is 9.97 Å². The number of carbonyl (C=O) groups excluding carboxylic acids is 2. The lowest BCUT2D eigenvalue weighted by molar-refractivity contribution is -0.154. The Morgan fingerprint density at radius 2 is 1.83 bits per heavy atom. The Labute approximate surface area is 244 Å². The molecule has 2 aliphatic rings. The zero-order valence-corrected chi connectivity index (χ0v) is 25.9. The van der Waals surface area contributed by atoms with Gasteiger partial charge in [-0.05, 0) is 41.9 Å². The van der Waals surface area contributed by atoms with Crippen molar-refractivity contribution in [2.75, 3.05) is 20.7 Å². The summed E-state index contributed by atoms with van der Waals surface area (Å²) < 4.78 is 14.7. The number of ether oxygens (including phenoxy) is 1. The quantitative estimate of drug-likeness (QED) is 0.120. The third-order valence-electron chi connectivity index (χ3n) is 7.69. The van der Waals surface area contributed by atoms with E-state index in [1.54, 1.807) is 46.4 Å². The van der Waals surface area contributed by atoms with Gasteiger partial charge in [0.15, 0.2) is 25.3 Å². The van der Waals surface area contributed by atoms with E-state index in [4.69, 9.17) is 25.6 Å². The lowest BCUT2D eigenvalue weighted by Crippen LogP contribution is -2.45. The molecule has 12 nitrogen and oxygen atoms in total. The maximum absolute atomic E-state index is 13.1. The van der Waals surface area contributed by atoms with Gasteiger partial charge in [0.2, 0.25) is 5.28 Å². The van der Waals surface area contributed by atoms with E-state index in [9.17, 15) is 9.59 Å². The van der Waals surface area contributed by atoms with Crippen molar-refractivity contribution < 1.29 is 23.6 Å². The molecule has 0 spiro atoms. The third-order valence-corrected chi connectivity index (χ3v) is 12.4. The maximum Gasteiger partial charge on any atom is 0.285 e.